The van der Waals surface area contributed by atoms with E-state index in [9.17, 15) is 8.42 Å². The molecule has 0 bridgehead atoms. The highest BCUT2D eigenvalue weighted by Gasteiger charge is 2.10. The molecular weight excluding hydrogens is 278 g/mol. The zero-order valence-electron chi connectivity index (χ0n) is 8.77. The molecule has 0 saturated carbocycles. The number of benzene rings is 1. The van der Waals surface area contributed by atoms with Crippen molar-refractivity contribution in [2.24, 2.45) is 0 Å². The predicted octanol–water partition coefficient (Wildman–Crippen LogP) is 2.02. The maximum Gasteiger partial charge on any atom is 0.231 e. The Balaban J connectivity index is 2.89. The molecule has 0 aromatic heterocycles. The van der Waals surface area contributed by atoms with E-state index in [0.29, 0.717) is 5.69 Å². The minimum absolute atomic E-state index is 0.691. The van der Waals surface area contributed by atoms with Crippen molar-refractivity contribution >= 4 is 31.6 Å². The summed E-state index contributed by atoms with van der Waals surface area (Å²) < 4.78 is 23.8. The van der Waals surface area contributed by atoms with Crippen LogP contribution in [0.4, 0.5) is 5.69 Å². The van der Waals surface area contributed by atoms with E-state index >= 15 is 0 Å². The molecule has 84 valence electrons. The molecule has 0 amide bonds. The molecule has 0 heterocycles. The lowest BCUT2D eigenvalue weighted by Crippen LogP contribution is -2.24. The minimum atomic E-state index is -3.16. The molecule has 0 fully saturated rings. The third kappa shape index (κ3) is 3.50. The van der Waals surface area contributed by atoms with E-state index in [1.165, 1.54) is 16.1 Å². The van der Waals surface area contributed by atoms with E-state index in [0.717, 1.165) is 11.8 Å². The first-order valence-corrected chi connectivity index (χ1v) is 7.51. The highest BCUT2D eigenvalue weighted by Crippen LogP contribution is 2.16. The van der Waals surface area contributed by atoms with E-state index in [2.05, 4.69) is 15.9 Å². The monoisotopic (exact) mass is 291 g/mol. The largest absolute Gasteiger partial charge is 0.274 e. The molecule has 1 rings (SSSR count). The number of nitrogens with zero attached hydrogens (tertiary/aromatic N) is 1. The minimum Gasteiger partial charge on any atom is -0.274 e. The average molecular weight is 292 g/mol. The van der Waals surface area contributed by atoms with Crippen LogP contribution in [0.3, 0.4) is 0 Å². The standard InChI is InChI=1S/C10H14BrNO2S/c1-12(15(2,13)14)10-5-3-9(4-6-10)7-8-11/h3-6H,7-8H2,1-2H3. The number of alkyl halides is 1. The first-order chi connectivity index (χ1) is 6.95. The van der Waals surface area contributed by atoms with Gasteiger partial charge in [-0.25, -0.2) is 8.42 Å². The summed E-state index contributed by atoms with van der Waals surface area (Å²) in [6.45, 7) is 0. The lowest BCUT2D eigenvalue weighted by atomic mass is 10.1. The topological polar surface area (TPSA) is 37.4 Å². The van der Waals surface area contributed by atoms with Crippen LogP contribution in [0.1, 0.15) is 5.56 Å². The Morgan fingerprint density at radius 3 is 2.20 bits per heavy atom. The van der Waals surface area contributed by atoms with Gasteiger partial charge < -0.3 is 0 Å². The fourth-order valence-corrected chi connectivity index (χ4v) is 2.14. The third-order valence-electron chi connectivity index (χ3n) is 2.18. The summed E-state index contributed by atoms with van der Waals surface area (Å²) in [5.41, 5.74) is 1.88. The maximum atomic E-state index is 11.3. The second-order valence-electron chi connectivity index (χ2n) is 3.34. The number of halogens is 1. The quantitative estimate of drug-likeness (QED) is 0.796. The number of anilines is 1. The van der Waals surface area contributed by atoms with Crippen molar-refractivity contribution in [3.05, 3.63) is 29.8 Å². The SMILES string of the molecule is CN(c1ccc(CCBr)cc1)S(C)(=O)=O. The van der Waals surface area contributed by atoms with Crippen molar-refractivity contribution in [2.45, 2.75) is 6.42 Å². The summed E-state index contributed by atoms with van der Waals surface area (Å²) in [7, 11) is -1.61. The summed E-state index contributed by atoms with van der Waals surface area (Å²) in [4.78, 5) is 0. The molecular formula is C10H14BrNO2S. The molecule has 0 N–H and O–H groups in total. The van der Waals surface area contributed by atoms with Crippen LogP contribution in [0, 0.1) is 0 Å². The van der Waals surface area contributed by atoms with Crippen LogP contribution in [0.5, 0.6) is 0 Å². The predicted molar refractivity (Wildman–Crippen MR) is 67.2 cm³/mol. The van der Waals surface area contributed by atoms with Gasteiger partial charge in [-0.1, -0.05) is 28.1 Å². The summed E-state index contributed by atoms with van der Waals surface area (Å²) in [5, 5.41) is 0.911. The summed E-state index contributed by atoms with van der Waals surface area (Å²) in [6, 6.07) is 7.52. The Hall–Kier alpha value is -0.550. The smallest absolute Gasteiger partial charge is 0.231 e. The molecule has 0 radical (unpaired) electrons. The normalized spacial score (nSPS) is 11.4. The first-order valence-electron chi connectivity index (χ1n) is 4.54. The third-order valence-corrected chi connectivity index (χ3v) is 3.78. The molecule has 3 nitrogen and oxygen atoms in total. The van der Waals surface area contributed by atoms with Crippen molar-refractivity contribution in [3.8, 4) is 0 Å². The van der Waals surface area contributed by atoms with Gasteiger partial charge in [0.2, 0.25) is 10.0 Å². The molecule has 0 saturated heterocycles. The molecule has 0 atom stereocenters. The van der Waals surface area contributed by atoms with E-state index in [-0.39, 0.29) is 0 Å². The van der Waals surface area contributed by atoms with Gasteiger partial charge in [-0.2, -0.15) is 0 Å². The molecule has 0 spiro atoms. The van der Waals surface area contributed by atoms with E-state index in [1.54, 1.807) is 7.05 Å². The Morgan fingerprint density at radius 2 is 1.80 bits per heavy atom. The van der Waals surface area contributed by atoms with Gasteiger partial charge in [0.15, 0.2) is 0 Å². The van der Waals surface area contributed by atoms with E-state index in [1.807, 2.05) is 24.3 Å². The highest BCUT2D eigenvalue weighted by molar-refractivity contribution is 9.09. The second kappa shape index (κ2) is 4.99. The number of hydrogen-bond acceptors (Lipinski definition) is 2. The fraction of sp³-hybridized carbons (Fsp3) is 0.400. The van der Waals surface area contributed by atoms with Gasteiger partial charge in [-0.05, 0) is 24.1 Å². The van der Waals surface area contributed by atoms with Crippen LogP contribution >= 0.6 is 15.9 Å². The van der Waals surface area contributed by atoms with Gasteiger partial charge >= 0.3 is 0 Å². The maximum absolute atomic E-state index is 11.3. The molecule has 0 aliphatic rings. The Kier molecular flexibility index (Phi) is 4.16. The van der Waals surface area contributed by atoms with Crippen LogP contribution in [-0.2, 0) is 16.4 Å². The van der Waals surface area contributed by atoms with Crippen molar-refractivity contribution < 1.29 is 8.42 Å². The van der Waals surface area contributed by atoms with Crippen molar-refractivity contribution in [1.82, 2.24) is 0 Å². The lowest BCUT2D eigenvalue weighted by molar-refractivity contribution is 0.600. The lowest BCUT2D eigenvalue weighted by Gasteiger charge is -2.16. The van der Waals surface area contributed by atoms with Gasteiger partial charge in [0.1, 0.15) is 0 Å². The summed E-state index contributed by atoms with van der Waals surface area (Å²) in [6.07, 6.45) is 2.14. The zero-order valence-corrected chi connectivity index (χ0v) is 11.2. The summed E-state index contributed by atoms with van der Waals surface area (Å²) >= 11 is 3.36. The van der Waals surface area contributed by atoms with Crippen LogP contribution in [0.15, 0.2) is 24.3 Å². The number of sulfonamides is 1. The van der Waals surface area contributed by atoms with Gasteiger partial charge in [-0.15, -0.1) is 0 Å². The van der Waals surface area contributed by atoms with Crippen molar-refractivity contribution in [3.63, 3.8) is 0 Å². The molecule has 15 heavy (non-hydrogen) atoms. The Bertz CT molecular complexity index is 414. The molecule has 5 heteroatoms. The van der Waals surface area contributed by atoms with Crippen LogP contribution in [0.2, 0.25) is 0 Å². The number of aryl methyl sites for hydroxylation is 1. The number of rotatable bonds is 4. The summed E-state index contributed by atoms with van der Waals surface area (Å²) in [5.74, 6) is 0. The van der Waals surface area contributed by atoms with Gasteiger partial charge in [-0.3, -0.25) is 4.31 Å². The zero-order chi connectivity index (χ0) is 11.5. The van der Waals surface area contributed by atoms with E-state index in [4.69, 9.17) is 0 Å². The van der Waals surface area contributed by atoms with Gasteiger partial charge in [0, 0.05) is 12.4 Å². The molecule has 0 unspecified atom stereocenters. The molecule has 0 aliphatic carbocycles. The van der Waals surface area contributed by atoms with Crippen LogP contribution < -0.4 is 4.31 Å². The number of hydrogen-bond donors (Lipinski definition) is 0. The fourth-order valence-electron chi connectivity index (χ4n) is 1.17. The van der Waals surface area contributed by atoms with Crippen LogP contribution in [-0.4, -0.2) is 27.1 Å². The Labute approximate surface area is 99.3 Å². The molecule has 1 aromatic carbocycles. The van der Waals surface area contributed by atoms with Crippen LogP contribution in [0.25, 0.3) is 0 Å². The van der Waals surface area contributed by atoms with E-state index < -0.39 is 10.0 Å². The molecule has 1 aromatic rings. The highest BCUT2D eigenvalue weighted by atomic mass is 79.9. The Morgan fingerprint density at radius 1 is 1.27 bits per heavy atom. The first kappa shape index (κ1) is 12.5. The average Bonchev–Trinajstić information content (AvgIpc) is 2.17. The second-order valence-corrected chi connectivity index (χ2v) is 6.14. The van der Waals surface area contributed by atoms with Gasteiger partial charge in [0.25, 0.3) is 0 Å². The van der Waals surface area contributed by atoms with Gasteiger partial charge in [0.05, 0.1) is 11.9 Å². The van der Waals surface area contributed by atoms with Crippen molar-refractivity contribution in [1.29, 1.82) is 0 Å². The van der Waals surface area contributed by atoms with Crippen molar-refractivity contribution in [2.75, 3.05) is 22.9 Å². The molecule has 0 aliphatic heterocycles.